The van der Waals surface area contributed by atoms with Crippen LogP contribution in [0.2, 0.25) is 0 Å². The van der Waals surface area contributed by atoms with Crippen LogP contribution in [0.25, 0.3) is 0 Å². The second-order valence-corrected chi connectivity index (χ2v) is 7.62. The summed E-state index contributed by atoms with van der Waals surface area (Å²) in [7, 11) is 0. The van der Waals surface area contributed by atoms with Gasteiger partial charge in [0.1, 0.15) is 0 Å². The van der Waals surface area contributed by atoms with E-state index in [1.807, 2.05) is 18.2 Å². The van der Waals surface area contributed by atoms with E-state index in [9.17, 15) is 0 Å². The van der Waals surface area contributed by atoms with Crippen molar-refractivity contribution in [2.24, 2.45) is 22.4 Å². The van der Waals surface area contributed by atoms with E-state index in [0.717, 1.165) is 11.6 Å². The summed E-state index contributed by atoms with van der Waals surface area (Å²) < 4.78 is 0. The smallest absolute Gasteiger partial charge is 0.187 e. The molecule has 0 saturated heterocycles. The minimum absolute atomic E-state index is 0.0422. The fourth-order valence-electron chi connectivity index (χ4n) is 4.25. The lowest BCUT2D eigenvalue weighted by molar-refractivity contribution is 0.0833. The Labute approximate surface area is 137 Å². The summed E-state index contributed by atoms with van der Waals surface area (Å²) in [5.41, 5.74) is 4.04. The molecule has 1 aromatic rings. The van der Waals surface area contributed by atoms with Gasteiger partial charge in [-0.15, -0.1) is 0 Å². The molecule has 2 saturated carbocycles. The molecule has 2 N–H and O–H groups in total. The molecule has 5 heteroatoms. The predicted octanol–water partition coefficient (Wildman–Crippen LogP) is 3.09. The first-order chi connectivity index (χ1) is 10.4. The highest BCUT2D eigenvalue weighted by atomic mass is 32.1. The van der Waals surface area contributed by atoms with Crippen molar-refractivity contribution in [2.45, 2.75) is 45.6 Å². The van der Waals surface area contributed by atoms with Crippen LogP contribution in [0.5, 0.6) is 0 Å². The van der Waals surface area contributed by atoms with Gasteiger partial charge in [0, 0.05) is 11.7 Å². The third kappa shape index (κ3) is 2.51. The predicted molar refractivity (Wildman–Crippen MR) is 93.7 cm³/mol. The van der Waals surface area contributed by atoms with Gasteiger partial charge in [-0.25, -0.2) is 0 Å². The normalized spacial score (nSPS) is 32.3. The maximum Gasteiger partial charge on any atom is 0.187 e. The lowest BCUT2D eigenvalue weighted by Gasteiger charge is -2.48. The summed E-state index contributed by atoms with van der Waals surface area (Å²) in [6.07, 6.45) is 7.40. The Morgan fingerprint density at radius 2 is 2.09 bits per heavy atom. The van der Waals surface area contributed by atoms with E-state index in [0.29, 0.717) is 11.0 Å². The molecule has 0 aliphatic heterocycles. The maximum absolute atomic E-state index is 5.44. The van der Waals surface area contributed by atoms with E-state index in [2.05, 4.69) is 41.6 Å². The second-order valence-electron chi connectivity index (χ2n) is 7.21. The van der Waals surface area contributed by atoms with Crippen LogP contribution >= 0.6 is 12.2 Å². The van der Waals surface area contributed by atoms with E-state index in [1.165, 1.54) is 19.3 Å². The molecule has 0 amide bonds. The molecule has 4 nitrogen and oxygen atoms in total. The zero-order valence-corrected chi connectivity index (χ0v) is 14.3. The van der Waals surface area contributed by atoms with Crippen molar-refractivity contribution in [1.82, 2.24) is 15.7 Å². The van der Waals surface area contributed by atoms with Crippen molar-refractivity contribution in [3.05, 3.63) is 30.1 Å². The molecule has 1 aromatic heterocycles. The zero-order chi connectivity index (χ0) is 15.8. The monoisotopic (exact) mass is 316 g/mol. The Balaban J connectivity index is 1.61. The van der Waals surface area contributed by atoms with E-state index in [4.69, 9.17) is 12.2 Å². The number of nitrogens with one attached hydrogen (secondary N) is 2. The average Bonchev–Trinajstić information content (AvgIpc) is 3.03. The molecule has 2 aliphatic carbocycles. The van der Waals surface area contributed by atoms with Crippen LogP contribution in [0.4, 0.5) is 0 Å². The number of thiocarbonyl (C=S) groups is 1. The van der Waals surface area contributed by atoms with Crippen LogP contribution in [-0.2, 0) is 0 Å². The number of hydrazone groups is 1. The van der Waals surface area contributed by atoms with E-state index in [-0.39, 0.29) is 11.0 Å². The van der Waals surface area contributed by atoms with Gasteiger partial charge in [0.2, 0.25) is 0 Å². The molecule has 1 heterocycles. The standard InChI is InChI=1S/C17H24N4S/c1-16(2)12-7-8-13(10-12)17(16,3)20-15(22)21-19-11-14-6-4-5-9-18-14/h4-6,9,11-13H,7-8,10H2,1-3H3,(H2,20,21,22)/b19-11-/t12-,13+,17-/m1/s1. The van der Waals surface area contributed by atoms with Crippen molar-refractivity contribution in [3.8, 4) is 0 Å². The van der Waals surface area contributed by atoms with Gasteiger partial charge in [-0.05, 0) is 67.8 Å². The molecule has 0 unspecified atom stereocenters. The molecular weight excluding hydrogens is 292 g/mol. The molecule has 22 heavy (non-hydrogen) atoms. The Kier molecular flexibility index (Phi) is 3.93. The number of rotatable bonds is 3. The first kappa shape index (κ1) is 15.4. The quantitative estimate of drug-likeness (QED) is 0.511. The maximum atomic E-state index is 5.44. The molecule has 0 aromatic carbocycles. The number of hydrogen-bond acceptors (Lipinski definition) is 3. The van der Waals surface area contributed by atoms with Crippen molar-refractivity contribution in [1.29, 1.82) is 0 Å². The molecule has 0 spiro atoms. The molecule has 2 aliphatic rings. The van der Waals surface area contributed by atoms with Crippen LogP contribution in [0.1, 0.15) is 45.7 Å². The topological polar surface area (TPSA) is 49.3 Å². The number of pyridine rings is 1. The highest BCUT2D eigenvalue weighted by molar-refractivity contribution is 7.80. The largest absolute Gasteiger partial charge is 0.355 e. The first-order valence-electron chi connectivity index (χ1n) is 7.96. The summed E-state index contributed by atoms with van der Waals surface area (Å²) in [6, 6.07) is 5.72. The Morgan fingerprint density at radius 1 is 1.32 bits per heavy atom. The van der Waals surface area contributed by atoms with Gasteiger partial charge >= 0.3 is 0 Å². The summed E-state index contributed by atoms with van der Waals surface area (Å²) in [5.74, 6) is 1.50. The molecule has 3 atom stereocenters. The van der Waals surface area contributed by atoms with Gasteiger partial charge in [0.05, 0.1) is 11.9 Å². The Morgan fingerprint density at radius 3 is 2.73 bits per heavy atom. The number of nitrogens with zero attached hydrogens (tertiary/aromatic N) is 2. The molecule has 2 fully saturated rings. The van der Waals surface area contributed by atoms with E-state index >= 15 is 0 Å². The fraction of sp³-hybridized carbons (Fsp3) is 0.588. The number of aromatic nitrogens is 1. The summed E-state index contributed by atoms with van der Waals surface area (Å²) in [5, 5.41) is 8.33. The van der Waals surface area contributed by atoms with Gasteiger partial charge in [-0.3, -0.25) is 10.4 Å². The van der Waals surface area contributed by atoms with Crippen molar-refractivity contribution < 1.29 is 0 Å². The van der Waals surface area contributed by atoms with Crippen LogP contribution in [0.3, 0.4) is 0 Å². The lowest BCUT2D eigenvalue weighted by atomic mass is 9.64. The van der Waals surface area contributed by atoms with Crippen LogP contribution in [0, 0.1) is 17.3 Å². The molecule has 118 valence electrons. The average molecular weight is 316 g/mol. The Hall–Kier alpha value is -1.49. The number of hydrogen-bond donors (Lipinski definition) is 2. The third-order valence-electron chi connectivity index (χ3n) is 6.03. The molecule has 2 bridgehead atoms. The van der Waals surface area contributed by atoms with Gasteiger partial charge in [-0.2, -0.15) is 5.10 Å². The lowest BCUT2D eigenvalue weighted by Crippen LogP contribution is -2.60. The van der Waals surface area contributed by atoms with E-state index < -0.39 is 0 Å². The number of fused-ring (bicyclic) bond motifs is 2. The summed E-state index contributed by atoms with van der Waals surface area (Å²) >= 11 is 5.44. The fourth-order valence-corrected chi connectivity index (χ4v) is 4.51. The minimum Gasteiger partial charge on any atom is -0.355 e. The van der Waals surface area contributed by atoms with Gasteiger partial charge in [0.15, 0.2) is 5.11 Å². The SMILES string of the molecule is CC1(C)[C@@H]2CC[C@@H](C2)[C@@]1(C)NC(=S)N/N=C\c1ccccn1. The van der Waals surface area contributed by atoms with Crippen molar-refractivity contribution >= 4 is 23.5 Å². The highest BCUT2D eigenvalue weighted by Gasteiger charge is 2.60. The van der Waals surface area contributed by atoms with Crippen molar-refractivity contribution in [3.63, 3.8) is 0 Å². The third-order valence-corrected chi connectivity index (χ3v) is 6.23. The van der Waals surface area contributed by atoms with Gasteiger partial charge in [-0.1, -0.05) is 19.9 Å². The van der Waals surface area contributed by atoms with Crippen LogP contribution < -0.4 is 10.7 Å². The molecule has 3 rings (SSSR count). The minimum atomic E-state index is 0.0422. The van der Waals surface area contributed by atoms with Crippen LogP contribution in [-0.4, -0.2) is 21.8 Å². The van der Waals surface area contributed by atoms with Gasteiger partial charge < -0.3 is 5.32 Å². The van der Waals surface area contributed by atoms with Crippen LogP contribution in [0.15, 0.2) is 29.5 Å². The molecule has 0 radical (unpaired) electrons. The van der Waals surface area contributed by atoms with Crippen molar-refractivity contribution in [2.75, 3.05) is 0 Å². The van der Waals surface area contributed by atoms with Gasteiger partial charge in [0.25, 0.3) is 0 Å². The zero-order valence-electron chi connectivity index (χ0n) is 13.5. The molecular formula is C17H24N4S. The van der Waals surface area contributed by atoms with E-state index in [1.54, 1.807) is 12.4 Å². The first-order valence-corrected chi connectivity index (χ1v) is 8.36. The Bertz CT molecular complexity index is 584. The summed E-state index contributed by atoms with van der Waals surface area (Å²) in [6.45, 7) is 7.04. The second kappa shape index (κ2) is 5.61. The summed E-state index contributed by atoms with van der Waals surface area (Å²) in [4.78, 5) is 4.19. The highest BCUT2D eigenvalue weighted by Crippen LogP contribution is 2.61.